The van der Waals surface area contributed by atoms with Gasteiger partial charge in [0.1, 0.15) is 5.75 Å². The van der Waals surface area contributed by atoms with Crippen LogP contribution in [0.15, 0.2) is 41.5 Å². The summed E-state index contributed by atoms with van der Waals surface area (Å²) in [5.74, 6) is 0.331. The van der Waals surface area contributed by atoms with Crippen LogP contribution >= 0.6 is 0 Å². The van der Waals surface area contributed by atoms with Crippen LogP contribution in [0.25, 0.3) is 0 Å². The van der Waals surface area contributed by atoms with Crippen LogP contribution in [0.5, 0.6) is 5.75 Å². The lowest BCUT2D eigenvalue weighted by molar-refractivity contribution is 0.323. The first kappa shape index (κ1) is 17.2. The highest BCUT2D eigenvalue weighted by Gasteiger charge is 2.10. The lowest BCUT2D eigenvalue weighted by Crippen LogP contribution is -2.21. The molecule has 2 rings (SSSR count). The van der Waals surface area contributed by atoms with Gasteiger partial charge in [0.15, 0.2) is 0 Å². The number of likely N-dealkylation sites (N-methyl/N-ethyl adjacent to an activating group) is 1. The second-order valence-corrected chi connectivity index (χ2v) is 5.80. The van der Waals surface area contributed by atoms with Gasteiger partial charge >= 0.3 is 0 Å². The van der Waals surface area contributed by atoms with Crippen molar-refractivity contribution >= 4 is 6.21 Å². The SMILES string of the molecule is CCN=Cc1cc(C)cc(CN(C)CCc2ccccn2)c1O. The molecule has 4 nitrogen and oxygen atoms in total. The molecule has 2 aromatic rings. The Bertz CT molecular complexity index is 653. The number of pyridine rings is 1. The molecule has 0 aliphatic rings. The second-order valence-electron chi connectivity index (χ2n) is 5.80. The van der Waals surface area contributed by atoms with Crippen molar-refractivity contribution in [3.63, 3.8) is 0 Å². The predicted molar refractivity (Wildman–Crippen MR) is 95.3 cm³/mol. The molecular formula is C19H25N3O. The number of aryl methyl sites for hydroxylation is 1. The average molecular weight is 311 g/mol. The molecule has 0 aliphatic heterocycles. The maximum absolute atomic E-state index is 10.4. The summed E-state index contributed by atoms with van der Waals surface area (Å²) in [6.07, 6.45) is 4.47. The Hall–Kier alpha value is -2.20. The van der Waals surface area contributed by atoms with Crippen LogP contribution in [0.3, 0.4) is 0 Å². The van der Waals surface area contributed by atoms with Crippen molar-refractivity contribution in [1.29, 1.82) is 0 Å². The van der Waals surface area contributed by atoms with E-state index in [2.05, 4.69) is 21.9 Å². The van der Waals surface area contributed by atoms with Crippen molar-refractivity contribution < 1.29 is 5.11 Å². The number of aromatic hydroxyl groups is 1. The molecule has 1 N–H and O–H groups in total. The van der Waals surface area contributed by atoms with E-state index < -0.39 is 0 Å². The van der Waals surface area contributed by atoms with Crippen LogP contribution in [-0.2, 0) is 13.0 Å². The van der Waals surface area contributed by atoms with Gasteiger partial charge in [-0.3, -0.25) is 9.98 Å². The Labute approximate surface area is 138 Å². The second kappa shape index (κ2) is 8.44. The van der Waals surface area contributed by atoms with Gasteiger partial charge in [0, 0.05) is 55.3 Å². The number of phenols is 1. The van der Waals surface area contributed by atoms with Gasteiger partial charge in [-0.2, -0.15) is 0 Å². The summed E-state index contributed by atoms with van der Waals surface area (Å²) in [4.78, 5) is 10.8. The Morgan fingerprint density at radius 1 is 1.30 bits per heavy atom. The van der Waals surface area contributed by atoms with E-state index in [-0.39, 0.29) is 0 Å². The largest absolute Gasteiger partial charge is 0.507 e. The number of hydrogen-bond donors (Lipinski definition) is 1. The van der Waals surface area contributed by atoms with E-state index in [1.54, 1.807) is 6.21 Å². The Balaban J connectivity index is 2.04. The van der Waals surface area contributed by atoms with Gasteiger partial charge in [-0.25, -0.2) is 0 Å². The first-order chi connectivity index (χ1) is 11.1. The van der Waals surface area contributed by atoms with Crippen LogP contribution in [0.1, 0.15) is 29.3 Å². The third kappa shape index (κ3) is 5.18. The minimum Gasteiger partial charge on any atom is -0.507 e. The molecule has 1 aromatic carbocycles. The molecule has 1 aromatic heterocycles. The molecule has 4 heteroatoms. The maximum Gasteiger partial charge on any atom is 0.128 e. The molecule has 0 fully saturated rings. The van der Waals surface area contributed by atoms with Crippen molar-refractivity contribution in [2.75, 3.05) is 20.1 Å². The molecule has 0 amide bonds. The van der Waals surface area contributed by atoms with Crippen LogP contribution in [0.2, 0.25) is 0 Å². The first-order valence-corrected chi connectivity index (χ1v) is 8.01. The smallest absolute Gasteiger partial charge is 0.128 e. The molecule has 0 radical (unpaired) electrons. The monoisotopic (exact) mass is 311 g/mol. The summed E-state index contributed by atoms with van der Waals surface area (Å²) < 4.78 is 0. The van der Waals surface area contributed by atoms with Gasteiger partial charge in [-0.15, -0.1) is 0 Å². The molecule has 0 spiro atoms. The third-order valence-electron chi connectivity index (χ3n) is 3.69. The topological polar surface area (TPSA) is 48.7 Å². The van der Waals surface area contributed by atoms with Crippen molar-refractivity contribution in [2.24, 2.45) is 4.99 Å². The molecule has 0 unspecified atom stereocenters. The highest BCUT2D eigenvalue weighted by molar-refractivity contribution is 5.84. The highest BCUT2D eigenvalue weighted by Crippen LogP contribution is 2.24. The third-order valence-corrected chi connectivity index (χ3v) is 3.69. The van der Waals surface area contributed by atoms with Crippen LogP contribution < -0.4 is 0 Å². The lowest BCUT2D eigenvalue weighted by Gasteiger charge is -2.18. The van der Waals surface area contributed by atoms with Crippen molar-refractivity contribution in [1.82, 2.24) is 9.88 Å². The number of aromatic nitrogens is 1. The van der Waals surface area contributed by atoms with E-state index in [9.17, 15) is 5.11 Å². The van der Waals surface area contributed by atoms with E-state index in [0.29, 0.717) is 18.8 Å². The fraction of sp³-hybridized carbons (Fsp3) is 0.368. The Morgan fingerprint density at radius 2 is 2.13 bits per heavy atom. The molecule has 1 heterocycles. The molecular weight excluding hydrogens is 286 g/mol. The summed E-state index contributed by atoms with van der Waals surface area (Å²) in [5.41, 5.74) is 3.95. The number of benzene rings is 1. The Kier molecular flexibility index (Phi) is 6.29. The summed E-state index contributed by atoms with van der Waals surface area (Å²) in [7, 11) is 2.06. The number of aliphatic imine (C=N–C) groups is 1. The summed E-state index contributed by atoms with van der Waals surface area (Å²) in [5, 5.41) is 10.4. The van der Waals surface area contributed by atoms with Crippen molar-refractivity contribution in [3.05, 3.63) is 58.9 Å². The zero-order valence-corrected chi connectivity index (χ0v) is 14.2. The quantitative estimate of drug-likeness (QED) is 0.799. The minimum atomic E-state index is 0.331. The summed E-state index contributed by atoms with van der Waals surface area (Å²) in [6, 6.07) is 9.98. The summed E-state index contributed by atoms with van der Waals surface area (Å²) >= 11 is 0. The number of rotatable bonds is 7. The van der Waals surface area contributed by atoms with Crippen LogP contribution in [0, 0.1) is 6.92 Å². The van der Waals surface area contributed by atoms with Gasteiger partial charge in [0.25, 0.3) is 0 Å². The van der Waals surface area contributed by atoms with Crippen molar-refractivity contribution in [3.8, 4) is 5.75 Å². The van der Waals surface area contributed by atoms with Gasteiger partial charge < -0.3 is 10.0 Å². The lowest BCUT2D eigenvalue weighted by atomic mass is 10.0. The predicted octanol–water partition coefficient (Wildman–Crippen LogP) is 3.21. The zero-order chi connectivity index (χ0) is 16.7. The molecule has 0 bridgehead atoms. The van der Waals surface area contributed by atoms with E-state index in [0.717, 1.165) is 35.3 Å². The van der Waals surface area contributed by atoms with E-state index in [1.165, 1.54) is 0 Å². The molecule has 0 atom stereocenters. The fourth-order valence-electron chi connectivity index (χ4n) is 2.51. The molecule has 23 heavy (non-hydrogen) atoms. The number of phenolic OH excluding ortho intramolecular Hbond substituents is 1. The molecule has 122 valence electrons. The molecule has 0 saturated carbocycles. The van der Waals surface area contributed by atoms with E-state index >= 15 is 0 Å². The molecule has 0 aliphatic carbocycles. The van der Waals surface area contributed by atoms with Crippen LogP contribution in [0.4, 0.5) is 0 Å². The van der Waals surface area contributed by atoms with Crippen molar-refractivity contribution in [2.45, 2.75) is 26.8 Å². The normalized spacial score (nSPS) is 11.5. The highest BCUT2D eigenvalue weighted by atomic mass is 16.3. The van der Waals surface area contributed by atoms with E-state index in [4.69, 9.17) is 0 Å². The molecule has 0 saturated heterocycles. The minimum absolute atomic E-state index is 0.331. The Morgan fingerprint density at radius 3 is 2.83 bits per heavy atom. The first-order valence-electron chi connectivity index (χ1n) is 8.01. The van der Waals surface area contributed by atoms with Gasteiger partial charge in [-0.05, 0) is 44.7 Å². The van der Waals surface area contributed by atoms with Gasteiger partial charge in [0.05, 0.1) is 0 Å². The standard InChI is InChI=1S/C19H25N3O/c1-4-20-13-16-11-15(2)12-17(19(16)23)14-22(3)10-8-18-7-5-6-9-21-18/h5-7,9,11-13,23H,4,8,10,14H2,1-3H3. The fourth-order valence-corrected chi connectivity index (χ4v) is 2.51. The number of hydrogen-bond acceptors (Lipinski definition) is 4. The average Bonchev–Trinajstić information content (AvgIpc) is 2.55. The maximum atomic E-state index is 10.4. The van der Waals surface area contributed by atoms with E-state index in [1.807, 2.05) is 50.4 Å². The summed E-state index contributed by atoms with van der Waals surface area (Å²) in [6.45, 7) is 6.33. The van der Waals surface area contributed by atoms with Crippen LogP contribution in [-0.4, -0.2) is 41.3 Å². The van der Waals surface area contributed by atoms with Gasteiger partial charge in [-0.1, -0.05) is 12.1 Å². The van der Waals surface area contributed by atoms with Gasteiger partial charge in [0.2, 0.25) is 0 Å². The zero-order valence-electron chi connectivity index (χ0n) is 14.2. The number of nitrogens with zero attached hydrogens (tertiary/aromatic N) is 3.